The van der Waals surface area contributed by atoms with Crippen LogP contribution in [0.1, 0.15) is 10.5 Å². The topological polar surface area (TPSA) is 48.4 Å². The number of ether oxygens (including phenoxy) is 2. The van der Waals surface area contributed by atoms with Crippen molar-refractivity contribution in [2.45, 2.75) is 0 Å². The van der Waals surface area contributed by atoms with Gasteiger partial charge in [-0.3, -0.25) is 0 Å². The summed E-state index contributed by atoms with van der Waals surface area (Å²) in [5, 5.41) is 0.367. The number of nitrogens with zero attached hydrogens (tertiary/aromatic N) is 1. The highest BCUT2D eigenvalue weighted by atomic mass is 35.5. The molecular formula is C12H9ClFNO3. The van der Waals surface area contributed by atoms with Gasteiger partial charge in [-0.2, -0.15) is 0 Å². The highest BCUT2D eigenvalue weighted by Gasteiger charge is 2.16. The lowest BCUT2D eigenvalue weighted by atomic mass is 10.1. The molecule has 6 heteroatoms. The van der Waals surface area contributed by atoms with Crippen LogP contribution in [0.3, 0.4) is 0 Å². The van der Waals surface area contributed by atoms with Crippen LogP contribution in [0.2, 0.25) is 5.02 Å². The summed E-state index contributed by atoms with van der Waals surface area (Å²) < 4.78 is 23.5. The normalized spacial score (nSPS) is 10.4. The highest BCUT2D eigenvalue weighted by Crippen LogP contribution is 2.30. The van der Waals surface area contributed by atoms with Crippen LogP contribution in [-0.4, -0.2) is 25.2 Å². The van der Waals surface area contributed by atoms with E-state index in [-0.39, 0.29) is 16.2 Å². The van der Waals surface area contributed by atoms with Crippen LogP contribution < -0.4 is 4.74 Å². The fourth-order valence-corrected chi connectivity index (χ4v) is 1.73. The van der Waals surface area contributed by atoms with E-state index in [9.17, 15) is 9.18 Å². The quantitative estimate of drug-likeness (QED) is 0.787. The van der Waals surface area contributed by atoms with E-state index in [1.165, 1.54) is 26.4 Å². The van der Waals surface area contributed by atoms with Gasteiger partial charge < -0.3 is 9.47 Å². The summed E-state index contributed by atoms with van der Waals surface area (Å²) in [7, 11) is 2.64. The maximum Gasteiger partial charge on any atom is 0.356 e. The number of pyridine rings is 1. The number of methoxy groups -OCH3 is 2. The van der Waals surface area contributed by atoms with Gasteiger partial charge in [-0.1, -0.05) is 11.6 Å². The summed E-state index contributed by atoms with van der Waals surface area (Å²) in [5.41, 5.74) is -0.0646. The molecule has 94 valence electrons. The number of halogens is 2. The van der Waals surface area contributed by atoms with Gasteiger partial charge in [0.05, 0.1) is 19.2 Å². The van der Waals surface area contributed by atoms with Crippen LogP contribution in [0, 0.1) is 5.82 Å². The Kier molecular flexibility index (Phi) is 3.34. The molecule has 1 aromatic carbocycles. The minimum absolute atomic E-state index is 0.0257. The smallest absolute Gasteiger partial charge is 0.356 e. The average Bonchev–Trinajstić information content (AvgIpc) is 2.41. The van der Waals surface area contributed by atoms with Crippen LogP contribution in [0.4, 0.5) is 4.39 Å². The van der Waals surface area contributed by atoms with Crippen LogP contribution in [0.5, 0.6) is 5.75 Å². The number of aromatic nitrogens is 1. The zero-order valence-corrected chi connectivity index (χ0v) is 10.4. The Morgan fingerprint density at radius 1 is 1.39 bits per heavy atom. The van der Waals surface area contributed by atoms with E-state index in [0.717, 1.165) is 0 Å². The molecule has 1 aromatic heterocycles. The van der Waals surface area contributed by atoms with Crippen LogP contribution in [0.25, 0.3) is 10.9 Å². The first-order valence-corrected chi connectivity index (χ1v) is 5.37. The molecule has 0 unspecified atom stereocenters. The summed E-state index contributed by atoms with van der Waals surface area (Å²) >= 11 is 5.68. The molecule has 0 fully saturated rings. The van der Waals surface area contributed by atoms with E-state index in [0.29, 0.717) is 11.1 Å². The van der Waals surface area contributed by atoms with E-state index in [2.05, 4.69) is 9.72 Å². The third-order valence-corrected chi connectivity index (χ3v) is 2.74. The van der Waals surface area contributed by atoms with E-state index in [4.69, 9.17) is 16.3 Å². The van der Waals surface area contributed by atoms with E-state index >= 15 is 0 Å². The standard InChI is InChI=1S/C12H9ClFNO3/c1-17-9-5-8(12(16)18-2)15-11-6(9)3-4-7(13)10(11)14/h3-5H,1-2H3. The number of fused-ring (bicyclic) bond motifs is 1. The van der Waals surface area contributed by atoms with E-state index in [1.807, 2.05) is 0 Å². The molecule has 0 aliphatic carbocycles. The summed E-state index contributed by atoms with van der Waals surface area (Å²) in [6.45, 7) is 0. The Balaban J connectivity index is 2.80. The molecule has 0 spiro atoms. The summed E-state index contributed by atoms with van der Waals surface area (Å²) in [6.07, 6.45) is 0. The molecule has 2 rings (SSSR count). The molecule has 1 heterocycles. The lowest BCUT2D eigenvalue weighted by Gasteiger charge is -2.08. The van der Waals surface area contributed by atoms with Crippen LogP contribution >= 0.6 is 11.6 Å². The van der Waals surface area contributed by atoms with Gasteiger partial charge >= 0.3 is 5.97 Å². The Hall–Kier alpha value is -1.88. The molecule has 0 radical (unpaired) electrons. The molecule has 0 N–H and O–H groups in total. The third-order valence-electron chi connectivity index (χ3n) is 2.45. The second-order valence-corrected chi connectivity index (χ2v) is 3.87. The van der Waals surface area contributed by atoms with Crippen molar-refractivity contribution in [3.8, 4) is 5.75 Å². The molecule has 0 bridgehead atoms. The zero-order valence-electron chi connectivity index (χ0n) is 9.66. The SMILES string of the molecule is COC(=O)c1cc(OC)c2ccc(Cl)c(F)c2n1. The second kappa shape index (κ2) is 4.78. The predicted molar refractivity (Wildman–Crippen MR) is 64.6 cm³/mol. The molecule has 2 aromatic rings. The van der Waals surface area contributed by atoms with Crippen molar-refractivity contribution < 1.29 is 18.7 Å². The lowest BCUT2D eigenvalue weighted by Crippen LogP contribution is -2.05. The summed E-state index contributed by atoms with van der Waals surface area (Å²) in [6, 6.07) is 4.37. The molecule has 0 aliphatic rings. The number of esters is 1. The van der Waals surface area contributed by atoms with Crippen LogP contribution in [-0.2, 0) is 4.74 Å². The third kappa shape index (κ3) is 1.97. The highest BCUT2D eigenvalue weighted by molar-refractivity contribution is 6.31. The van der Waals surface area contributed by atoms with Crippen molar-refractivity contribution in [1.29, 1.82) is 0 Å². The molecule has 4 nitrogen and oxygen atoms in total. The van der Waals surface area contributed by atoms with Gasteiger partial charge in [0.2, 0.25) is 0 Å². The minimum Gasteiger partial charge on any atom is -0.496 e. The van der Waals surface area contributed by atoms with Crippen molar-refractivity contribution >= 4 is 28.5 Å². The van der Waals surface area contributed by atoms with Gasteiger partial charge in [0.1, 0.15) is 11.3 Å². The number of benzene rings is 1. The number of hydrogen-bond acceptors (Lipinski definition) is 4. The van der Waals surface area contributed by atoms with Crippen molar-refractivity contribution in [3.05, 3.63) is 34.7 Å². The minimum atomic E-state index is -0.696. The average molecular weight is 270 g/mol. The van der Waals surface area contributed by atoms with Crippen molar-refractivity contribution in [2.24, 2.45) is 0 Å². The molecule has 18 heavy (non-hydrogen) atoms. The maximum absolute atomic E-state index is 13.9. The first-order valence-electron chi connectivity index (χ1n) is 4.99. The zero-order chi connectivity index (χ0) is 13.3. The molecule has 0 atom stereocenters. The van der Waals surface area contributed by atoms with Crippen molar-refractivity contribution in [2.75, 3.05) is 14.2 Å². The maximum atomic E-state index is 13.9. The molecular weight excluding hydrogens is 261 g/mol. The number of rotatable bonds is 2. The van der Waals surface area contributed by atoms with Crippen molar-refractivity contribution in [1.82, 2.24) is 4.98 Å². The fraction of sp³-hybridized carbons (Fsp3) is 0.167. The van der Waals surface area contributed by atoms with Gasteiger partial charge in [-0.15, -0.1) is 0 Å². The summed E-state index contributed by atoms with van der Waals surface area (Å²) in [4.78, 5) is 15.3. The summed E-state index contributed by atoms with van der Waals surface area (Å²) in [5.74, 6) is -1.04. The Labute approximate surface area is 107 Å². The Bertz CT molecular complexity index is 630. The van der Waals surface area contributed by atoms with E-state index in [1.54, 1.807) is 6.07 Å². The first kappa shape index (κ1) is 12.6. The van der Waals surface area contributed by atoms with Gasteiger partial charge in [0.15, 0.2) is 11.5 Å². The van der Waals surface area contributed by atoms with Gasteiger partial charge in [0.25, 0.3) is 0 Å². The second-order valence-electron chi connectivity index (χ2n) is 3.46. The monoisotopic (exact) mass is 269 g/mol. The van der Waals surface area contributed by atoms with E-state index < -0.39 is 11.8 Å². The molecule has 0 saturated heterocycles. The number of carbonyl (C=O) groups excluding carboxylic acids is 1. The Morgan fingerprint density at radius 2 is 2.11 bits per heavy atom. The van der Waals surface area contributed by atoms with Crippen LogP contribution in [0.15, 0.2) is 18.2 Å². The number of hydrogen-bond donors (Lipinski definition) is 0. The molecule has 0 aliphatic heterocycles. The molecule has 0 saturated carbocycles. The van der Waals surface area contributed by atoms with Gasteiger partial charge in [-0.25, -0.2) is 14.2 Å². The fourth-order valence-electron chi connectivity index (χ4n) is 1.58. The van der Waals surface area contributed by atoms with Gasteiger partial charge in [0, 0.05) is 11.5 Å². The Morgan fingerprint density at radius 3 is 2.72 bits per heavy atom. The van der Waals surface area contributed by atoms with Gasteiger partial charge in [-0.05, 0) is 12.1 Å². The number of carbonyl (C=O) groups is 1. The predicted octanol–water partition coefficient (Wildman–Crippen LogP) is 2.82. The molecule has 0 amide bonds. The first-order chi connectivity index (χ1) is 8.58. The largest absolute Gasteiger partial charge is 0.496 e. The lowest BCUT2D eigenvalue weighted by molar-refractivity contribution is 0.0594. The van der Waals surface area contributed by atoms with Crippen molar-refractivity contribution in [3.63, 3.8) is 0 Å².